The van der Waals surface area contributed by atoms with Crippen LogP contribution in [0.5, 0.6) is 0 Å². The molecule has 0 saturated heterocycles. The van der Waals surface area contributed by atoms with E-state index in [2.05, 4.69) is 0 Å². The third kappa shape index (κ3) is 5.12. The van der Waals surface area contributed by atoms with Crippen molar-refractivity contribution in [2.45, 2.75) is 13.8 Å². The highest BCUT2D eigenvalue weighted by Gasteiger charge is 2.06. The van der Waals surface area contributed by atoms with E-state index in [4.69, 9.17) is 14.2 Å². The van der Waals surface area contributed by atoms with Crippen LogP contribution in [0.2, 0.25) is 0 Å². The van der Waals surface area contributed by atoms with Crippen LogP contribution in [0.25, 0.3) is 0 Å². The molecule has 0 aromatic carbocycles. The minimum absolute atomic E-state index is 0.145. The van der Waals surface area contributed by atoms with Crippen LogP contribution in [0, 0.1) is 0 Å². The molecule has 0 bridgehead atoms. The summed E-state index contributed by atoms with van der Waals surface area (Å²) in [7, 11) is -0.811. The van der Waals surface area contributed by atoms with Crippen molar-refractivity contribution in [3.8, 4) is 0 Å². The Hall–Kier alpha value is 0.310. The average molecular weight is 166 g/mol. The van der Waals surface area contributed by atoms with Crippen LogP contribution < -0.4 is 0 Å². The van der Waals surface area contributed by atoms with Gasteiger partial charge in [0.2, 0.25) is 0 Å². The van der Waals surface area contributed by atoms with Gasteiger partial charge < -0.3 is 14.2 Å². The first kappa shape index (κ1) is 10.3. The lowest BCUT2D eigenvalue weighted by Crippen LogP contribution is -1.97. The van der Waals surface area contributed by atoms with E-state index < -0.39 is 8.38 Å². The molecule has 0 aromatic heterocycles. The van der Waals surface area contributed by atoms with Crippen molar-refractivity contribution in [3.05, 3.63) is 0 Å². The molecule has 0 saturated carbocycles. The number of rotatable bonds is 6. The maximum atomic E-state index is 8.55. The predicted octanol–water partition coefficient (Wildman–Crippen LogP) is 1.36. The Balaban J connectivity index is 3.30. The van der Waals surface area contributed by atoms with Crippen molar-refractivity contribution in [1.29, 1.82) is 0 Å². The molecule has 0 aliphatic heterocycles. The van der Waals surface area contributed by atoms with E-state index in [9.17, 15) is 0 Å². The summed E-state index contributed by atoms with van der Waals surface area (Å²) >= 11 is 0. The van der Waals surface area contributed by atoms with Gasteiger partial charge >= 0.3 is 0 Å². The summed E-state index contributed by atoms with van der Waals surface area (Å²) in [6, 6.07) is 0. The summed E-state index contributed by atoms with van der Waals surface area (Å²) in [6.07, 6.45) is 0.622. The second-order valence-corrected chi connectivity index (χ2v) is 3.24. The molecule has 0 aliphatic carbocycles. The fraction of sp³-hybridized carbons (Fsp3) is 1.00. The number of aliphatic hydroxyl groups is 1. The molecule has 0 radical (unpaired) electrons. The van der Waals surface area contributed by atoms with E-state index >= 15 is 0 Å². The van der Waals surface area contributed by atoms with E-state index in [0.717, 1.165) is 0 Å². The Bertz CT molecular complexity index is 55.7. The predicted molar refractivity (Wildman–Crippen MR) is 42.1 cm³/mol. The maximum absolute atomic E-state index is 8.55. The highest BCUT2D eigenvalue weighted by Crippen LogP contribution is 2.36. The van der Waals surface area contributed by atoms with Crippen molar-refractivity contribution in [3.63, 3.8) is 0 Å². The Labute approximate surface area is 63.3 Å². The van der Waals surface area contributed by atoms with Gasteiger partial charge in [0.1, 0.15) is 0 Å². The molecule has 0 rings (SSSR count). The first-order valence-corrected chi connectivity index (χ1v) is 4.85. The summed E-state index contributed by atoms with van der Waals surface area (Å²) in [6.45, 7) is 5.31. The molecule has 0 unspecified atom stereocenters. The van der Waals surface area contributed by atoms with Crippen LogP contribution >= 0.6 is 8.38 Å². The first-order chi connectivity index (χ1) is 4.85. The smallest absolute Gasteiger partial charge is 0.172 e. The highest BCUT2D eigenvalue weighted by atomic mass is 31.2. The third-order valence-electron chi connectivity index (χ3n) is 0.829. The normalized spacial score (nSPS) is 10.8. The summed E-state index contributed by atoms with van der Waals surface area (Å²) in [4.78, 5) is 0. The summed E-state index contributed by atoms with van der Waals surface area (Å²) < 4.78 is 10.4. The maximum Gasteiger partial charge on any atom is 0.172 e. The molecule has 0 heterocycles. The van der Waals surface area contributed by atoms with Crippen molar-refractivity contribution < 1.29 is 14.2 Å². The van der Waals surface area contributed by atoms with Crippen LogP contribution in [0.3, 0.4) is 0 Å². The van der Waals surface area contributed by atoms with Gasteiger partial charge in [-0.1, -0.05) is 0 Å². The Morgan fingerprint density at radius 1 is 1.20 bits per heavy atom. The SMILES string of the molecule is CCOP(CCO)OCC. The van der Waals surface area contributed by atoms with Crippen molar-refractivity contribution in [2.75, 3.05) is 26.0 Å². The minimum atomic E-state index is -0.811. The summed E-state index contributed by atoms with van der Waals surface area (Å²) in [5, 5.41) is 8.55. The molecule has 3 nitrogen and oxygen atoms in total. The zero-order valence-electron chi connectivity index (χ0n) is 6.54. The fourth-order valence-corrected chi connectivity index (χ4v) is 1.61. The molecule has 0 amide bonds. The lowest BCUT2D eigenvalue weighted by Gasteiger charge is -2.13. The van der Waals surface area contributed by atoms with Gasteiger partial charge in [-0.25, -0.2) is 0 Å². The molecule has 0 aliphatic rings. The van der Waals surface area contributed by atoms with Gasteiger partial charge in [0.25, 0.3) is 0 Å². The molecular formula is C6H15O3P. The van der Waals surface area contributed by atoms with Gasteiger partial charge in [-0.3, -0.25) is 0 Å². The molecule has 62 valence electrons. The van der Waals surface area contributed by atoms with Crippen LogP contribution in [-0.2, 0) is 9.05 Å². The van der Waals surface area contributed by atoms with Gasteiger partial charge in [-0.15, -0.1) is 0 Å². The van der Waals surface area contributed by atoms with E-state index in [1.54, 1.807) is 0 Å². The van der Waals surface area contributed by atoms with E-state index in [-0.39, 0.29) is 6.61 Å². The highest BCUT2D eigenvalue weighted by molar-refractivity contribution is 7.47. The molecule has 4 heteroatoms. The molecule has 0 spiro atoms. The Morgan fingerprint density at radius 2 is 1.70 bits per heavy atom. The molecule has 10 heavy (non-hydrogen) atoms. The number of aliphatic hydroxyl groups excluding tert-OH is 1. The monoisotopic (exact) mass is 166 g/mol. The Morgan fingerprint density at radius 3 is 2.00 bits per heavy atom. The van der Waals surface area contributed by atoms with Gasteiger partial charge in [0, 0.05) is 6.16 Å². The lowest BCUT2D eigenvalue weighted by molar-refractivity contribution is 0.255. The third-order valence-corrected chi connectivity index (χ3v) is 2.49. The Kier molecular flexibility index (Phi) is 7.65. The van der Waals surface area contributed by atoms with Gasteiger partial charge in [-0.05, 0) is 13.8 Å². The lowest BCUT2D eigenvalue weighted by atomic mass is 10.9. The quantitative estimate of drug-likeness (QED) is 0.605. The molecular weight excluding hydrogens is 151 g/mol. The largest absolute Gasteiger partial charge is 0.396 e. The number of hydrogen-bond donors (Lipinski definition) is 1. The summed E-state index contributed by atoms with van der Waals surface area (Å²) in [5.41, 5.74) is 0. The van der Waals surface area contributed by atoms with E-state index in [1.807, 2.05) is 13.8 Å². The standard InChI is InChI=1S/C6H15O3P/c1-3-8-10(6-5-7)9-4-2/h7H,3-6H2,1-2H3. The van der Waals surface area contributed by atoms with Gasteiger partial charge in [0.05, 0.1) is 19.8 Å². The van der Waals surface area contributed by atoms with Crippen LogP contribution in [0.15, 0.2) is 0 Å². The topological polar surface area (TPSA) is 38.7 Å². The van der Waals surface area contributed by atoms with Crippen molar-refractivity contribution in [2.24, 2.45) is 0 Å². The first-order valence-electron chi connectivity index (χ1n) is 3.49. The number of hydrogen-bond acceptors (Lipinski definition) is 3. The van der Waals surface area contributed by atoms with E-state index in [0.29, 0.717) is 19.4 Å². The van der Waals surface area contributed by atoms with E-state index in [1.165, 1.54) is 0 Å². The molecule has 0 atom stereocenters. The van der Waals surface area contributed by atoms with Crippen molar-refractivity contribution >= 4 is 8.38 Å². The second kappa shape index (κ2) is 7.42. The molecule has 0 fully saturated rings. The zero-order valence-corrected chi connectivity index (χ0v) is 7.43. The second-order valence-electron chi connectivity index (χ2n) is 1.62. The van der Waals surface area contributed by atoms with Crippen LogP contribution in [0.4, 0.5) is 0 Å². The zero-order chi connectivity index (χ0) is 7.82. The fourth-order valence-electron chi connectivity index (χ4n) is 0.536. The summed E-state index contributed by atoms with van der Waals surface area (Å²) in [5.74, 6) is 0. The van der Waals surface area contributed by atoms with Crippen molar-refractivity contribution in [1.82, 2.24) is 0 Å². The van der Waals surface area contributed by atoms with Crippen LogP contribution in [0.1, 0.15) is 13.8 Å². The van der Waals surface area contributed by atoms with Gasteiger partial charge in [0.15, 0.2) is 8.38 Å². The molecule has 0 aromatic rings. The molecule has 1 N–H and O–H groups in total. The van der Waals surface area contributed by atoms with Gasteiger partial charge in [-0.2, -0.15) is 0 Å². The van der Waals surface area contributed by atoms with Crippen LogP contribution in [-0.4, -0.2) is 31.1 Å². The minimum Gasteiger partial charge on any atom is -0.396 e. The average Bonchev–Trinajstić information content (AvgIpc) is 1.90.